The van der Waals surface area contributed by atoms with Crippen molar-refractivity contribution in [3.05, 3.63) is 21.4 Å². The summed E-state index contributed by atoms with van der Waals surface area (Å²) in [7, 11) is 0. The summed E-state index contributed by atoms with van der Waals surface area (Å²) < 4.78 is 0. The van der Waals surface area contributed by atoms with Crippen molar-refractivity contribution in [1.82, 2.24) is 16.2 Å². The van der Waals surface area contributed by atoms with E-state index in [0.717, 1.165) is 24.1 Å². The van der Waals surface area contributed by atoms with Crippen molar-refractivity contribution in [3.8, 4) is 0 Å². The molecule has 0 bridgehead atoms. The first-order valence-electron chi connectivity index (χ1n) is 9.12. The molecular weight excluding hydrogens is 338 g/mol. The fraction of sp³-hybridized carbons (Fsp3) is 0.667. The lowest BCUT2D eigenvalue weighted by molar-refractivity contribution is 0.0947. The van der Waals surface area contributed by atoms with E-state index in [0.29, 0.717) is 17.1 Å². The molecule has 4 nitrogen and oxygen atoms in total. The number of thiophene rings is 1. The number of carbonyl (C=O) groups excluding carboxylic acids is 1. The number of thiocarbonyl (C=S) groups is 1. The van der Waals surface area contributed by atoms with Gasteiger partial charge in [-0.1, -0.05) is 26.2 Å². The van der Waals surface area contributed by atoms with Gasteiger partial charge in [0.15, 0.2) is 5.11 Å². The quantitative estimate of drug-likeness (QED) is 0.425. The predicted octanol–water partition coefficient (Wildman–Crippen LogP) is 3.70. The molecule has 0 spiro atoms. The third-order valence-corrected chi connectivity index (χ3v) is 6.64. The van der Waals surface area contributed by atoms with Crippen LogP contribution in [0.1, 0.15) is 72.0 Å². The third-order valence-electron chi connectivity index (χ3n) is 5.19. The third kappa shape index (κ3) is 4.48. The predicted molar refractivity (Wildman–Crippen MR) is 103 cm³/mol. The maximum Gasteiger partial charge on any atom is 0.279 e. The molecule has 6 heteroatoms. The van der Waals surface area contributed by atoms with Crippen LogP contribution in [-0.2, 0) is 12.8 Å². The molecule has 0 unspecified atom stereocenters. The Morgan fingerprint density at radius 2 is 1.92 bits per heavy atom. The molecule has 1 heterocycles. The zero-order valence-electron chi connectivity index (χ0n) is 14.3. The lowest BCUT2D eigenvalue weighted by atomic mass is 9.86. The van der Waals surface area contributed by atoms with E-state index in [1.165, 1.54) is 49.0 Å². The normalized spacial score (nSPS) is 23.7. The topological polar surface area (TPSA) is 53.2 Å². The molecule has 1 aromatic heterocycles. The van der Waals surface area contributed by atoms with Crippen LogP contribution in [0.25, 0.3) is 0 Å². The number of hydrogen-bond donors (Lipinski definition) is 3. The standard InChI is InChI=1S/C18H27N3OS2/c1-12-7-5-6-9-14(12)19-18(23)21-20-17(22)16-11-13-8-3-2-4-10-15(13)24-16/h11-12,14H,2-10H2,1H3,(H,20,22)(H2,19,21,23)/t12-,14-/m1/s1. The van der Waals surface area contributed by atoms with Gasteiger partial charge in [-0.15, -0.1) is 11.3 Å². The van der Waals surface area contributed by atoms with Gasteiger partial charge in [0.25, 0.3) is 5.91 Å². The minimum atomic E-state index is -0.0890. The van der Waals surface area contributed by atoms with E-state index >= 15 is 0 Å². The molecule has 3 rings (SSSR count). The van der Waals surface area contributed by atoms with Crippen molar-refractivity contribution < 1.29 is 4.79 Å². The number of aryl methyl sites for hydroxylation is 2. The minimum absolute atomic E-state index is 0.0890. The van der Waals surface area contributed by atoms with Crippen molar-refractivity contribution in [3.63, 3.8) is 0 Å². The largest absolute Gasteiger partial charge is 0.358 e. The van der Waals surface area contributed by atoms with Crippen LogP contribution in [0, 0.1) is 5.92 Å². The van der Waals surface area contributed by atoms with E-state index in [4.69, 9.17) is 12.2 Å². The maximum absolute atomic E-state index is 12.4. The summed E-state index contributed by atoms with van der Waals surface area (Å²) in [5.41, 5.74) is 6.98. The summed E-state index contributed by atoms with van der Waals surface area (Å²) in [6.45, 7) is 2.26. The highest BCUT2D eigenvalue weighted by Gasteiger charge is 2.22. The van der Waals surface area contributed by atoms with Crippen LogP contribution in [0.15, 0.2) is 6.07 Å². The van der Waals surface area contributed by atoms with Gasteiger partial charge in [-0.05, 0) is 68.3 Å². The molecule has 0 saturated heterocycles. The highest BCUT2D eigenvalue weighted by molar-refractivity contribution is 7.80. The first-order chi connectivity index (χ1) is 11.6. The van der Waals surface area contributed by atoms with Crippen LogP contribution < -0.4 is 16.2 Å². The van der Waals surface area contributed by atoms with Crippen LogP contribution in [-0.4, -0.2) is 17.1 Å². The molecule has 132 valence electrons. The van der Waals surface area contributed by atoms with E-state index in [1.54, 1.807) is 11.3 Å². The summed E-state index contributed by atoms with van der Waals surface area (Å²) in [6.07, 6.45) is 10.9. The summed E-state index contributed by atoms with van der Waals surface area (Å²) in [5.74, 6) is 0.538. The number of rotatable bonds is 2. The summed E-state index contributed by atoms with van der Waals surface area (Å²) in [6, 6.07) is 2.47. The minimum Gasteiger partial charge on any atom is -0.358 e. The molecule has 1 fully saturated rings. The van der Waals surface area contributed by atoms with Crippen LogP contribution in [0.2, 0.25) is 0 Å². The van der Waals surface area contributed by atoms with E-state index < -0.39 is 0 Å². The average molecular weight is 366 g/mol. The van der Waals surface area contributed by atoms with E-state index in [1.807, 2.05) is 0 Å². The van der Waals surface area contributed by atoms with E-state index in [-0.39, 0.29) is 5.91 Å². The molecule has 24 heavy (non-hydrogen) atoms. The van der Waals surface area contributed by atoms with Crippen molar-refractivity contribution >= 4 is 34.6 Å². The molecule has 1 aromatic rings. The second-order valence-electron chi connectivity index (χ2n) is 7.04. The maximum atomic E-state index is 12.4. The molecule has 1 amide bonds. The van der Waals surface area contributed by atoms with Crippen molar-refractivity contribution in [1.29, 1.82) is 0 Å². The fourth-order valence-corrected chi connectivity index (χ4v) is 5.04. The molecule has 0 aliphatic heterocycles. The van der Waals surface area contributed by atoms with Gasteiger partial charge in [-0.25, -0.2) is 0 Å². The molecule has 2 aliphatic carbocycles. The van der Waals surface area contributed by atoms with Gasteiger partial charge in [-0.3, -0.25) is 15.6 Å². The van der Waals surface area contributed by atoms with Crippen LogP contribution in [0.3, 0.4) is 0 Å². The summed E-state index contributed by atoms with van der Waals surface area (Å²) in [5, 5.41) is 3.86. The van der Waals surface area contributed by atoms with Gasteiger partial charge >= 0.3 is 0 Å². The van der Waals surface area contributed by atoms with E-state index in [2.05, 4.69) is 29.2 Å². The van der Waals surface area contributed by atoms with Gasteiger partial charge in [0.05, 0.1) is 4.88 Å². The van der Waals surface area contributed by atoms with Gasteiger partial charge in [0.2, 0.25) is 0 Å². The Morgan fingerprint density at radius 3 is 2.75 bits per heavy atom. The number of fused-ring (bicyclic) bond motifs is 1. The van der Waals surface area contributed by atoms with Crippen LogP contribution >= 0.6 is 23.6 Å². The second kappa shape index (κ2) is 8.30. The lowest BCUT2D eigenvalue weighted by Gasteiger charge is -2.30. The molecule has 0 aromatic carbocycles. The Labute approximate surface area is 153 Å². The monoisotopic (exact) mass is 365 g/mol. The molecule has 2 aliphatic rings. The average Bonchev–Trinajstić information content (AvgIpc) is 2.86. The second-order valence-corrected chi connectivity index (χ2v) is 8.59. The number of hydrogen-bond acceptors (Lipinski definition) is 3. The van der Waals surface area contributed by atoms with Crippen molar-refractivity contribution in [2.45, 2.75) is 70.8 Å². The van der Waals surface area contributed by atoms with Gasteiger partial charge < -0.3 is 5.32 Å². The fourth-order valence-electron chi connectivity index (χ4n) is 3.69. The van der Waals surface area contributed by atoms with Crippen LogP contribution in [0.5, 0.6) is 0 Å². The van der Waals surface area contributed by atoms with E-state index in [9.17, 15) is 4.79 Å². The van der Waals surface area contributed by atoms with Gasteiger partial charge in [0.1, 0.15) is 0 Å². The SMILES string of the molecule is C[C@@H]1CCCC[C@H]1NC(=S)NNC(=O)c1cc2c(s1)CCCCC2. The Balaban J connectivity index is 1.49. The highest BCUT2D eigenvalue weighted by Crippen LogP contribution is 2.28. The number of amides is 1. The molecule has 3 N–H and O–H groups in total. The molecule has 2 atom stereocenters. The smallest absolute Gasteiger partial charge is 0.279 e. The summed E-state index contributed by atoms with van der Waals surface area (Å²) >= 11 is 6.96. The first-order valence-corrected chi connectivity index (χ1v) is 10.3. The van der Waals surface area contributed by atoms with Gasteiger partial charge in [-0.2, -0.15) is 0 Å². The number of carbonyl (C=O) groups is 1. The lowest BCUT2D eigenvalue weighted by Crippen LogP contribution is -2.51. The summed E-state index contributed by atoms with van der Waals surface area (Å²) in [4.78, 5) is 14.5. The number of nitrogens with one attached hydrogen (secondary N) is 3. The Hall–Kier alpha value is -1.14. The molecular formula is C18H27N3OS2. The highest BCUT2D eigenvalue weighted by atomic mass is 32.1. The zero-order chi connectivity index (χ0) is 16.9. The Bertz CT molecular complexity index is 576. The van der Waals surface area contributed by atoms with Crippen molar-refractivity contribution in [2.24, 2.45) is 5.92 Å². The van der Waals surface area contributed by atoms with Crippen LogP contribution in [0.4, 0.5) is 0 Å². The zero-order valence-corrected chi connectivity index (χ0v) is 16.0. The molecule has 1 saturated carbocycles. The number of hydrazine groups is 1. The first kappa shape index (κ1) is 17.7. The van der Waals surface area contributed by atoms with Gasteiger partial charge in [0, 0.05) is 10.9 Å². The molecule has 0 radical (unpaired) electrons. The Kier molecular flexibility index (Phi) is 6.11. The Morgan fingerprint density at radius 1 is 1.12 bits per heavy atom. The van der Waals surface area contributed by atoms with Crippen molar-refractivity contribution in [2.75, 3.05) is 0 Å².